The number of hydrogen-bond acceptors (Lipinski definition) is 2. The third-order valence-corrected chi connectivity index (χ3v) is 2.47. The Morgan fingerprint density at radius 3 is 2.47 bits per heavy atom. The van der Waals surface area contributed by atoms with Gasteiger partial charge in [0.1, 0.15) is 5.82 Å². The molecule has 1 aromatic rings. The third-order valence-electron chi connectivity index (χ3n) is 2.18. The molecule has 0 aliphatic carbocycles. The summed E-state index contributed by atoms with van der Waals surface area (Å²) in [7, 11) is 0. The van der Waals surface area contributed by atoms with Crippen molar-refractivity contribution >= 4 is 11.6 Å². The first-order valence-electron chi connectivity index (χ1n) is 4.78. The van der Waals surface area contributed by atoms with E-state index in [1.165, 1.54) is 12.1 Å². The molecule has 0 spiro atoms. The molecule has 96 valence electrons. The highest BCUT2D eigenvalue weighted by Crippen LogP contribution is 2.24. The molecule has 0 saturated heterocycles. The van der Waals surface area contributed by atoms with Crippen LogP contribution in [0.3, 0.4) is 0 Å². The van der Waals surface area contributed by atoms with Crippen LogP contribution in [0.1, 0.15) is 12.0 Å². The molecule has 0 amide bonds. The predicted octanol–water partition coefficient (Wildman–Crippen LogP) is 2.81. The molecule has 0 aliphatic heterocycles. The van der Waals surface area contributed by atoms with Gasteiger partial charge in [0, 0.05) is 6.04 Å². The fourth-order valence-electron chi connectivity index (χ4n) is 1.42. The summed E-state index contributed by atoms with van der Waals surface area (Å²) < 4.78 is 49.3. The molecule has 0 aromatic heterocycles. The van der Waals surface area contributed by atoms with E-state index >= 15 is 0 Å². The fourth-order valence-corrected chi connectivity index (χ4v) is 1.62. The molecule has 0 radical (unpaired) electrons. The number of hydrogen-bond donors (Lipinski definition) is 2. The van der Waals surface area contributed by atoms with Crippen molar-refractivity contribution < 1.29 is 17.6 Å². The molecule has 0 fully saturated rings. The molecule has 0 bridgehead atoms. The number of benzene rings is 1. The summed E-state index contributed by atoms with van der Waals surface area (Å²) in [4.78, 5) is 0. The molecule has 0 saturated carbocycles. The summed E-state index contributed by atoms with van der Waals surface area (Å²) in [6, 6.07) is 2.81. The minimum Gasteiger partial charge on any atom is -0.271 e. The van der Waals surface area contributed by atoms with Crippen LogP contribution < -0.4 is 11.3 Å². The van der Waals surface area contributed by atoms with Crippen LogP contribution in [0.15, 0.2) is 18.2 Å². The summed E-state index contributed by atoms with van der Waals surface area (Å²) in [6.45, 7) is 0. The van der Waals surface area contributed by atoms with Gasteiger partial charge in [-0.05, 0) is 24.1 Å². The molecule has 2 nitrogen and oxygen atoms in total. The topological polar surface area (TPSA) is 38.0 Å². The van der Waals surface area contributed by atoms with Crippen molar-refractivity contribution in [2.24, 2.45) is 5.84 Å². The number of nitrogens with one attached hydrogen (secondary N) is 1. The second kappa shape index (κ2) is 5.66. The van der Waals surface area contributed by atoms with E-state index in [4.69, 9.17) is 17.4 Å². The molecule has 3 N–H and O–H groups in total. The molecule has 0 heterocycles. The van der Waals surface area contributed by atoms with Gasteiger partial charge in [-0.2, -0.15) is 13.2 Å². The normalized spacial score (nSPS) is 13.8. The van der Waals surface area contributed by atoms with Crippen LogP contribution in [0.5, 0.6) is 0 Å². The lowest BCUT2D eigenvalue weighted by Crippen LogP contribution is -2.40. The highest BCUT2D eigenvalue weighted by molar-refractivity contribution is 6.30. The maximum atomic E-state index is 12.8. The Kier molecular flexibility index (Phi) is 4.73. The average Bonchev–Trinajstić information content (AvgIpc) is 2.20. The largest absolute Gasteiger partial charge is 0.390 e. The summed E-state index contributed by atoms with van der Waals surface area (Å²) in [5.41, 5.74) is 2.57. The predicted molar refractivity (Wildman–Crippen MR) is 56.9 cm³/mol. The van der Waals surface area contributed by atoms with Crippen LogP contribution in [-0.2, 0) is 6.42 Å². The van der Waals surface area contributed by atoms with Crippen LogP contribution in [0.4, 0.5) is 17.6 Å². The van der Waals surface area contributed by atoms with Gasteiger partial charge in [0.25, 0.3) is 0 Å². The number of halogens is 5. The molecule has 1 atom stereocenters. The van der Waals surface area contributed by atoms with Crippen molar-refractivity contribution in [1.82, 2.24) is 5.43 Å². The van der Waals surface area contributed by atoms with Crippen molar-refractivity contribution in [3.05, 3.63) is 34.6 Å². The number of nitrogens with two attached hydrogens (primary N) is 1. The molecular formula is C10H11ClF4N2. The second-order valence-electron chi connectivity index (χ2n) is 3.64. The first-order chi connectivity index (χ1) is 7.81. The van der Waals surface area contributed by atoms with Gasteiger partial charge in [-0.3, -0.25) is 11.3 Å². The van der Waals surface area contributed by atoms with Crippen LogP contribution in [0.2, 0.25) is 5.02 Å². The highest BCUT2D eigenvalue weighted by Gasteiger charge is 2.31. The van der Waals surface area contributed by atoms with E-state index in [2.05, 4.69) is 5.43 Å². The molecular weight excluding hydrogens is 260 g/mol. The molecule has 1 aromatic carbocycles. The van der Waals surface area contributed by atoms with Crippen LogP contribution in [0, 0.1) is 5.82 Å². The van der Waals surface area contributed by atoms with Crippen molar-refractivity contribution in [2.75, 3.05) is 0 Å². The summed E-state index contributed by atoms with van der Waals surface area (Å²) in [5.74, 6) is 4.43. The Morgan fingerprint density at radius 2 is 2.00 bits per heavy atom. The Bertz CT molecular complexity index is 381. The van der Waals surface area contributed by atoms with Gasteiger partial charge in [-0.25, -0.2) is 4.39 Å². The van der Waals surface area contributed by atoms with E-state index in [0.29, 0.717) is 5.56 Å². The maximum Gasteiger partial charge on any atom is 0.390 e. The summed E-state index contributed by atoms with van der Waals surface area (Å²) >= 11 is 5.52. The number of alkyl halides is 3. The van der Waals surface area contributed by atoms with Gasteiger partial charge in [0.05, 0.1) is 11.4 Å². The second-order valence-corrected chi connectivity index (χ2v) is 4.04. The minimum atomic E-state index is -4.30. The van der Waals surface area contributed by atoms with E-state index in [9.17, 15) is 17.6 Å². The van der Waals surface area contributed by atoms with E-state index in [0.717, 1.165) is 6.07 Å². The average molecular weight is 271 g/mol. The van der Waals surface area contributed by atoms with Gasteiger partial charge < -0.3 is 0 Å². The number of rotatable bonds is 4. The Labute approximate surface area is 101 Å². The lowest BCUT2D eigenvalue weighted by molar-refractivity contribution is -0.140. The zero-order valence-electron chi connectivity index (χ0n) is 8.69. The van der Waals surface area contributed by atoms with E-state index in [1.54, 1.807) is 0 Å². The smallest absolute Gasteiger partial charge is 0.271 e. The van der Waals surface area contributed by atoms with Crippen LogP contribution >= 0.6 is 11.6 Å². The molecule has 7 heteroatoms. The fraction of sp³-hybridized carbons (Fsp3) is 0.400. The van der Waals surface area contributed by atoms with Crippen molar-refractivity contribution in [3.8, 4) is 0 Å². The quantitative estimate of drug-likeness (QED) is 0.502. The van der Waals surface area contributed by atoms with Crippen molar-refractivity contribution in [1.29, 1.82) is 0 Å². The van der Waals surface area contributed by atoms with Gasteiger partial charge in [0.2, 0.25) is 0 Å². The lowest BCUT2D eigenvalue weighted by Gasteiger charge is -2.17. The van der Waals surface area contributed by atoms with E-state index in [1.807, 2.05) is 0 Å². The molecule has 0 aliphatic rings. The standard InChI is InChI=1S/C10H11ClF4N2/c11-8-4-6(1-2-9(8)12)3-7(17-16)5-10(13,14)15/h1-2,4,7,17H,3,5,16H2. The Morgan fingerprint density at radius 1 is 1.35 bits per heavy atom. The molecule has 17 heavy (non-hydrogen) atoms. The Balaban J connectivity index is 2.70. The summed E-state index contributed by atoms with van der Waals surface area (Å²) in [6.07, 6.45) is -5.34. The first kappa shape index (κ1) is 14.2. The van der Waals surface area contributed by atoms with Crippen LogP contribution in [-0.4, -0.2) is 12.2 Å². The van der Waals surface area contributed by atoms with Crippen LogP contribution in [0.25, 0.3) is 0 Å². The first-order valence-corrected chi connectivity index (χ1v) is 5.16. The Hall–Kier alpha value is -0.850. The molecule has 1 unspecified atom stereocenters. The zero-order valence-corrected chi connectivity index (χ0v) is 9.45. The van der Waals surface area contributed by atoms with Gasteiger partial charge >= 0.3 is 6.18 Å². The molecule has 1 rings (SSSR count). The lowest BCUT2D eigenvalue weighted by atomic mass is 10.0. The highest BCUT2D eigenvalue weighted by atomic mass is 35.5. The maximum absolute atomic E-state index is 12.8. The van der Waals surface area contributed by atoms with Gasteiger partial charge in [-0.15, -0.1) is 0 Å². The number of hydrazine groups is 1. The van der Waals surface area contributed by atoms with Gasteiger partial charge in [0.15, 0.2) is 0 Å². The monoisotopic (exact) mass is 270 g/mol. The van der Waals surface area contributed by atoms with E-state index < -0.39 is 24.5 Å². The summed E-state index contributed by atoms with van der Waals surface area (Å²) in [5, 5.41) is -0.120. The zero-order chi connectivity index (χ0) is 13.1. The van der Waals surface area contributed by atoms with Crippen molar-refractivity contribution in [3.63, 3.8) is 0 Å². The minimum absolute atomic E-state index is 0.0238. The van der Waals surface area contributed by atoms with E-state index in [-0.39, 0.29) is 11.4 Å². The SMILES string of the molecule is NNC(Cc1ccc(F)c(Cl)c1)CC(F)(F)F. The third kappa shape index (κ3) is 4.89. The van der Waals surface area contributed by atoms with Gasteiger partial charge in [-0.1, -0.05) is 17.7 Å². The van der Waals surface area contributed by atoms with Crippen molar-refractivity contribution in [2.45, 2.75) is 25.1 Å².